The summed E-state index contributed by atoms with van der Waals surface area (Å²) in [5.74, 6) is -2.52. The molecular weight excluding hydrogens is 442 g/mol. The fourth-order valence-corrected chi connectivity index (χ4v) is 4.24. The zero-order valence-electron chi connectivity index (χ0n) is 18.5. The van der Waals surface area contributed by atoms with Crippen LogP contribution in [0.3, 0.4) is 0 Å². The number of fused-ring (bicyclic) bond motifs is 1. The van der Waals surface area contributed by atoms with Gasteiger partial charge in [0.2, 0.25) is 0 Å². The number of rotatable bonds is 5. The van der Waals surface area contributed by atoms with E-state index in [2.05, 4.69) is 20.4 Å². The lowest BCUT2D eigenvalue weighted by Gasteiger charge is -2.22. The quantitative estimate of drug-likeness (QED) is 0.487. The van der Waals surface area contributed by atoms with Crippen molar-refractivity contribution < 1.29 is 13.6 Å². The Morgan fingerprint density at radius 1 is 1.00 bits per heavy atom. The largest absolute Gasteiger partial charge is 0.369 e. The van der Waals surface area contributed by atoms with Gasteiger partial charge in [-0.25, -0.2) is 8.78 Å². The van der Waals surface area contributed by atoms with Crippen LogP contribution in [0.15, 0.2) is 53.5 Å². The van der Waals surface area contributed by atoms with E-state index in [1.54, 1.807) is 6.07 Å². The number of halogens is 2. The maximum absolute atomic E-state index is 14.2. The second-order valence-electron chi connectivity index (χ2n) is 8.07. The van der Waals surface area contributed by atoms with Crippen molar-refractivity contribution in [3.63, 3.8) is 0 Å². The molecule has 1 aliphatic heterocycles. The summed E-state index contributed by atoms with van der Waals surface area (Å²) in [6, 6.07) is 9.14. The lowest BCUT2D eigenvalue weighted by Crippen LogP contribution is -2.27. The Morgan fingerprint density at radius 2 is 1.74 bits per heavy atom. The van der Waals surface area contributed by atoms with Crippen molar-refractivity contribution in [3.05, 3.63) is 76.3 Å². The minimum atomic E-state index is -0.957. The predicted molar refractivity (Wildman–Crippen MR) is 125 cm³/mol. The first kappa shape index (κ1) is 21.7. The molecule has 0 atom stereocenters. The normalized spacial score (nSPS) is 13.6. The van der Waals surface area contributed by atoms with Gasteiger partial charge in [0.15, 0.2) is 11.6 Å². The molecule has 8 nitrogen and oxygen atoms in total. The highest BCUT2D eigenvalue weighted by Crippen LogP contribution is 2.36. The van der Waals surface area contributed by atoms with Crippen LogP contribution in [0.5, 0.6) is 0 Å². The molecule has 0 unspecified atom stereocenters. The summed E-state index contributed by atoms with van der Waals surface area (Å²) in [5.41, 5.74) is 0.727. The fraction of sp³-hybridized carbons (Fsp3) is 0.250. The van der Waals surface area contributed by atoms with E-state index in [0.717, 1.165) is 60.7 Å². The molecule has 34 heavy (non-hydrogen) atoms. The first-order chi connectivity index (χ1) is 16.5. The van der Waals surface area contributed by atoms with Crippen LogP contribution in [-0.4, -0.2) is 38.6 Å². The Labute approximate surface area is 193 Å². The molecule has 1 saturated heterocycles. The smallest absolute Gasteiger partial charge is 0.276 e. The lowest BCUT2D eigenvalue weighted by molar-refractivity contribution is 0.102. The summed E-state index contributed by atoms with van der Waals surface area (Å²) in [4.78, 5) is 27.6. The zero-order chi connectivity index (χ0) is 23.8. The molecule has 1 N–H and O–H groups in total. The summed E-state index contributed by atoms with van der Waals surface area (Å²) < 4.78 is 30.9. The van der Waals surface area contributed by atoms with E-state index in [1.165, 1.54) is 12.1 Å². The van der Waals surface area contributed by atoms with E-state index >= 15 is 0 Å². The number of carbonyl (C=O) groups excluding carboxylic acids is 1. The monoisotopic (exact) mass is 464 g/mol. The first-order valence-corrected chi connectivity index (χ1v) is 11.1. The third-order valence-electron chi connectivity index (χ3n) is 5.89. The maximum Gasteiger partial charge on any atom is 0.276 e. The molecule has 1 amide bonds. The molecule has 2 aromatic carbocycles. The minimum Gasteiger partial charge on any atom is -0.369 e. The van der Waals surface area contributed by atoms with Crippen LogP contribution in [0.2, 0.25) is 0 Å². The molecule has 4 aromatic rings. The number of aryl methyl sites for hydroxylation is 1. The molecule has 0 spiro atoms. The SMILES string of the molecule is CCn1cc2c(N3CCCC3)c(NC(=O)c3ccc(=O)n(-c4c(F)cccc4F)n3)ccc2n1. The van der Waals surface area contributed by atoms with Crippen LogP contribution in [0.1, 0.15) is 30.3 Å². The number of benzene rings is 2. The minimum absolute atomic E-state index is 0.154. The van der Waals surface area contributed by atoms with E-state index in [1.807, 2.05) is 23.9 Å². The third-order valence-corrected chi connectivity index (χ3v) is 5.89. The highest BCUT2D eigenvalue weighted by Gasteiger charge is 2.23. The molecule has 0 radical (unpaired) electrons. The lowest BCUT2D eigenvalue weighted by atomic mass is 10.1. The Hall–Kier alpha value is -4.08. The van der Waals surface area contributed by atoms with Gasteiger partial charge in [-0.3, -0.25) is 14.3 Å². The number of hydrogen-bond acceptors (Lipinski definition) is 5. The van der Waals surface area contributed by atoms with Crippen molar-refractivity contribution in [1.82, 2.24) is 19.6 Å². The molecule has 0 bridgehead atoms. The summed E-state index contributed by atoms with van der Waals surface area (Å²) in [7, 11) is 0. The van der Waals surface area contributed by atoms with Gasteiger partial charge in [0.05, 0.1) is 16.9 Å². The molecule has 10 heteroatoms. The van der Waals surface area contributed by atoms with Gasteiger partial charge in [0.1, 0.15) is 11.4 Å². The number of carbonyl (C=O) groups is 1. The number of para-hydroxylation sites is 1. The molecule has 0 saturated carbocycles. The molecule has 1 aliphatic rings. The second-order valence-corrected chi connectivity index (χ2v) is 8.07. The van der Waals surface area contributed by atoms with Crippen LogP contribution in [-0.2, 0) is 6.54 Å². The zero-order valence-corrected chi connectivity index (χ0v) is 18.5. The van der Waals surface area contributed by atoms with Crippen LogP contribution in [0, 0.1) is 11.6 Å². The highest BCUT2D eigenvalue weighted by atomic mass is 19.1. The van der Waals surface area contributed by atoms with Gasteiger partial charge in [0, 0.05) is 37.3 Å². The van der Waals surface area contributed by atoms with Crippen molar-refractivity contribution >= 4 is 28.2 Å². The summed E-state index contributed by atoms with van der Waals surface area (Å²) in [5, 5.41) is 12.3. The first-order valence-electron chi connectivity index (χ1n) is 11.1. The predicted octanol–water partition coefficient (Wildman–Crippen LogP) is 3.73. The van der Waals surface area contributed by atoms with Gasteiger partial charge in [-0.2, -0.15) is 14.9 Å². The molecule has 174 valence electrons. The number of anilines is 2. The fourth-order valence-electron chi connectivity index (χ4n) is 4.24. The average molecular weight is 464 g/mol. The van der Waals surface area contributed by atoms with Crippen LogP contribution in [0.25, 0.3) is 16.6 Å². The Balaban J connectivity index is 1.55. The summed E-state index contributed by atoms with van der Waals surface area (Å²) in [6.07, 6.45) is 4.05. The molecule has 5 rings (SSSR count). The number of aromatic nitrogens is 4. The molecular formula is C24H22F2N6O2. The molecule has 2 aromatic heterocycles. The van der Waals surface area contributed by atoms with Crippen LogP contribution in [0.4, 0.5) is 20.2 Å². The Morgan fingerprint density at radius 3 is 2.44 bits per heavy atom. The van der Waals surface area contributed by atoms with Crippen LogP contribution < -0.4 is 15.8 Å². The molecule has 0 aliphatic carbocycles. The van der Waals surface area contributed by atoms with Crippen LogP contribution >= 0.6 is 0 Å². The van der Waals surface area contributed by atoms with Crippen molar-refractivity contribution in [3.8, 4) is 5.69 Å². The van der Waals surface area contributed by atoms with E-state index in [-0.39, 0.29) is 5.69 Å². The summed E-state index contributed by atoms with van der Waals surface area (Å²) in [6.45, 7) is 4.43. The van der Waals surface area contributed by atoms with E-state index in [0.29, 0.717) is 16.9 Å². The van der Waals surface area contributed by atoms with E-state index in [9.17, 15) is 18.4 Å². The second kappa shape index (κ2) is 8.69. The number of nitrogens with one attached hydrogen (secondary N) is 1. The third kappa shape index (κ3) is 3.81. The van der Waals surface area contributed by atoms with Crippen molar-refractivity contribution in [1.29, 1.82) is 0 Å². The highest BCUT2D eigenvalue weighted by molar-refractivity contribution is 6.08. The van der Waals surface area contributed by atoms with Gasteiger partial charge in [-0.15, -0.1) is 0 Å². The maximum atomic E-state index is 14.2. The average Bonchev–Trinajstić information content (AvgIpc) is 3.50. The topological polar surface area (TPSA) is 85.0 Å². The standard InChI is InChI=1S/C24H22F2N6O2/c1-2-31-14-15-18(28-31)8-9-19(22(15)30-12-3-4-13-30)27-24(34)20-10-11-21(33)32(29-20)23-16(25)6-5-7-17(23)26/h5-11,14H,2-4,12-13H2,1H3,(H,27,34). The van der Waals surface area contributed by atoms with E-state index in [4.69, 9.17) is 0 Å². The van der Waals surface area contributed by atoms with Gasteiger partial charge < -0.3 is 10.2 Å². The molecule has 1 fully saturated rings. The summed E-state index contributed by atoms with van der Waals surface area (Å²) >= 11 is 0. The number of amides is 1. The Bertz CT molecular complexity index is 1440. The van der Waals surface area contributed by atoms with E-state index < -0.39 is 28.8 Å². The van der Waals surface area contributed by atoms with Crippen molar-refractivity contribution in [2.45, 2.75) is 26.3 Å². The molecule has 3 heterocycles. The number of nitrogens with zero attached hydrogens (tertiary/aromatic N) is 5. The van der Waals surface area contributed by atoms with Gasteiger partial charge in [-0.05, 0) is 50.1 Å². The van der Waals surface area contributed by atoms with Crippen molar-refractivity contribution in [2.24, 2.45) is 0 Å². The van der Waals surface area contributed by atoms with Gasteiger partial charge in [-0.1, -0.05) is 6.07 Å². The van der Waals surface area contributed by atoms with Gasteiger partial charge in [0.25, 0.3) is 11.5 Å². The Kier molecular flexibility index (Phi) is 5.56. The van der Waals surface area contributed by atoms with Gasteiger partial charge >= 0.3 is 0 Å². The number of hydrogen-bond donors (Lipinski definition) is 1. The van der Waals surface area contributed by atoms with Crippen molar-refractivity contribution in [2.75, 3.05) is 23.3 Å².